The summed E-state index contributed by atoms with van der Waals surface area (Å²) in [6, 6.07) is 0. The van der Waals surface area contributed by atoms with E-state index >= 15 is 0 Å². The molecule has 0 heterocycles. The SMILES string of the molecule is CCOC(=O)CCC(=O)N(CCO)CC(F)(F)F. The maximum atomic E-state index is 12.1. The summed E-state index contributed by atoms with van der Waals surface area (Å²) in [5.41, 5.74) is 0. The Bertz CT molecular complexity index is 281. The van der Waals surface area contributed by atoms with Crippen LogP contribution in [0.4, 0.5) is 13.2 Å². The lowest BCUT2D eigenvalue weighted by molar-refractivity contribution is -0.162. The number of hydrogen-bond acceptors (Lipinski definition) is 4. The predicted molar refractivity (Wildman–Crippen MR) is 55.6 cm³/mol. The van der Waals surface area contributed by atoms with Crippen LogP contribution in [0.15, 0.2) is 0 Å². The van der Waals surface area contributed by atoms with Crippen molar-refractivity contribution in [3.8, 4) is 0 Å². The van der Waals surface area contributed by atoms with Crippen molar-refractivity contribution in [3.63, 3.8) is 0 Å². The largest absolute Gasteiger partial charge is 0.466 e. The third kappa shape index (κ3) is 7.88. The first-order valence-electron chi connectivity index (χ1n) is 5.41. The van der Waals surface area contributed by atoms with Gasteiger partial charge in [-0.25, -0.2) is 0 Å². The molecule has 5 nitrogen and oxygen atoms in total. The standard InChI is InChI=1S/C10H16F3NO4/c1-2-18-9(17)4-3-8(16)14(5-6-15)7-10(11,12)13/h15H,2-7H2,1H3. The highest BCUT2D eigenvalue weighted by molar-refractivity contribution is 5.81. The molecule has 0 saturated heterocycles. The minimum Gasteiger partial charge on any atom is -0.466 e. The molecule has 0 aliphatic carbocycles. The number of nitrogens with zero attached hydrogens (tertiary/aromatic N) is 1. The summed E-state index contributed by atoms with van der Waals surface area (Å²) in [5, 5.41) is 8.59. The first kappa shape index (κ1) is 16.7. The van der Waals surface area contributed by atoms with E-state index in [1.165, 1.54) is 0 Å². The van der Waals surface area contributed by atoms with Crippen LogP contribution in [-0.2, 0) is 14.3 Å². The summed E-state index contributed by atoms with van der Waals surface area (Å²) in [5.74, 6) is -1.48. The van der Waals surface area contributed by atoms with Gasteiger partial charge < -0.3 is 14.7 Å². The molecule has 0 bridgehead atoms. The average Bonchev–Trinajstić information content (AvgIpc) is 2.24. The summed E-state index contributed by atoms with van der Waals surface area (Å²) in [6.45, 7) is -0.686. The zero-order valence-electron chi connectivity index (χ0n) is 10.00. The van der Waals surface area contributed by atoms with Gasteiger partial charge in [0.05, 0.1) is 19.6 Å². The van der Waals surface area contributed by atoms with Crippen molar-refractivity contribution in [2.24, 2.45) is 0 Å². The number of amides is 1. The monoisotopic (exact) mass is 271 g/mol. The Morgan fingerprint density at radius 3 is 2.33 bits per heavy atom. The highest BCUT2D eigenvalue weighted by Crippen LogP contribution is 2.17. The summed E-state index contributed by atoms with van der Waals surface area (Å²) < 4.78 is 41.0. The molecule has 1 amide bonds. The minimum atomic E-state index is -4.53. The molecule has 0 aromatic carbocycles. The Hall–Kier alpha value is -1.31. The number of rotatable bonds is 7. The van der Waals surface area contributed by atoms with E-state index in [0.717, 1.165) is 0 Å². The first-order chi connectivity index (χ1) is 8.30. The Morgan fingerprint density at radius 1 is 1.28 bits per heavy atom. The number of aliphatic hydroxyl groups is 1. The molecule has 106 valence electrons. The van der Waals surface area contributed by atoms with Gasteiger partial charge in [-0.15, -0.1) is 0 Å². The molecular formula is C10H16F3NO4. The average molecular weight is 271 g/mol. The summed E-state index contributed by atoms with van der Waals surface area (Å²) >= 11 is 0. The van der Waals surface area contributed by atoms with E-state index in [-0.39, 0.29) is 19.4 Å². The molecule has 18 heavy (non-hydrogen) atoms. The van der Waals surface area contributed by atoms with Crippen molar-refractivity contribution in [2.75, 3.05) is 26.3 Å². The van der Waals surface area contributed by atoms with E-state index < -0.39 is 37.7 Å². The molecule has 0 aliphatic heterocycles. The number of carbonyl (C=O) groups is 2. The zero-order chi connectivity index (χ0) is 14.2. The lowest BCUT2D eigenvalue weighted by Crippen LogP contribution is -2.40. The molecular weight excluding hydrogens is 255 g/mol. The van der Waals surface area contributed by atoms with Gasteiger partial charge in [-0.3, -0.25) is 9.59 Å². The smallest absolute Gasteiger partial charge is 0.406 e. The Labute approximate surface area is 103 Å². The van der Waals surface area contributed by atoms with Gasteiger partial charge in [0.15, 0.2) is 0 Å². The number of alkyl halides is 3. The van der Waals surface area contributed by atoms with Crippen molar-refractivity contribution in [2.45, 2.75) is 25.9 Å². The second-order valence-corrected chi connectivity index (χ2v) is 3.46. The molecule has 0 atom stereocenters. The molecule has 8 heteroatoms. The highest BCUT2D eigenvalue weighted by Gasteiger charge is 2.32. The van der Waals surface area contributed by atoms with Crippen LogP contribution in [0.3, 0.4) is 0 Å². The van der Waals surface area contributed by atoms with E-state index in [1.807, 2.05) is 0 Å². The molecule has 0 unspecified atom stereocenters. The fourth-order valence-corrected chi connectivity index (χ4v) is 1.23. The predicted octanol–water partition coefficient (Wildman–Crippen LogP) is 0.713. The molecule has 0 fully saturated rings. The van der Waals surface area contributed by atoms with Crippen LogP contribution in [0.5, 0.6) is 0 Å². The van der Waals surface area contributed by atoms with Crippen molar-refractivity contribution in [1.29, 1.82) is 0 Å². The number of esters is 1. The topological polar surface area (TPSA) is 66.8 Å². The Balaban J connectivity index is 4.26. The molecule has 0 rings (SSSR count). The van der Waals surface area contributed by atoms with Crippen molar-refractivity contribution >= 4 is 11.9 Å². The van der Waals surface area contributed by atoms with Crippen LogP contribution in [0.1, 0.15) is 19.8 Å². The van der Waals surface area contributed by atoms with Gasteiger partial charge in [-0.2, -0.15) is 13.2 Å². The van der Waals surface area contributed by atoms with Crippen molar-refractivity contribution in [1.82, 2.24) is 4.90 Å². The maximum absolute atomic E-state index is 12.1. The zero-order valence-corrected chi connectivity index (χ0v) is 10.00. The van der Waals surface area contributed by atoms with Gasteiger partial charge in [0.2, 0.25) is 5.91 Å². The minimum absolute atomic E-state index is 0.149. The Kier molecular flexibility index (Phi) is 7.33. The van der Waals surface area contributed by atoms with E-state index in [0.29, 0.717) is 4.90 Å². The highest BCUT2D eigenvalue weighted by atomic mass is 19.4. The fraction of sp³-hybridized carbons (Fsp3) is 0.800. The number of ether oxygens (including phenoxy) is 1. The third-order valence-corrected chi connectivity index (χ3v) is 1.94. The second-order valence-electron chi connectivity index (χ2n) is 3.46. The molecule has 0 spiro atoms. The maximum Gasteiger partial charge on any atom is 0.406 e. The van der Waals surface area contributed by atoms with Crippen LogP contribution >= 0.6 is 0 Å². The van der Waals surface area contributed by atoms with Crippen LogP contribution in [-0.4, -0.2) is 54.4 Å². The number of hydrogen-bond donors (Lipinski definition) is 1. The summed E-state index contributed by atoms with van der Waals surface area (Å²) in [4.78, 5) is 22.8. The number of carbonyl (C=O) groups excluding carboxylic acids is 2. The lowest BCUT2D eigenvalue weighted by Gasteiger charge is -2.22. The fourth-order valence-electron chi connectivity index (χ4n) is 1.23. The van der Waals surface area contributed by atoms with Crippen molar-refractivity contribution < 1.29 is 32.6 Å². The van der Waals surface area contributed by atoms with E-state index in [4.69, 9.17) is 5.11 Å². The van der Waals surface area contributed by atoms with Crippen molar-refractivity contribution in [3.05, 3.63) is 0 Å². The molecule has 0 aromatic rings. The van der Waals surface area contributed by atoms with Crippen LogP contribution in [0.2, 0.25) is 0 Å². The molecule has 1 N–H and O–H groups in total. The van der Waals surface area contributed by atoms with E-state index in [1.54, 1.807) is 6.92 Å². The number of aliphatic hydroxyl groups excluding tert-OH is 1. The summed E-state index contributed by atoms with van der Waals surface area (Å²) in [6.07, 6.45) is -5.17. The Morgan fingerprint density at radius 2 is 1.89 bits per heavy atom. The van der Waals surface area contributed by atoms with E-state index in [2.05, 4.69) is 4.74 Å². The van der Waals surface area contributed by atoms with Gasteiger partial charge in [-0.05, 0) is 6.92 Å². The van der Waals surface area contributed by atoms with Gasteiger partial charge >= 0.3 is 12.1 Å². The first-order valence-corrected chi connectivity index (χ1v) is 5.41. The summed E-state index contributed by atoms with van der Waals surface area (Å²) in [7, 11) is 0. The van der Waals surface area contributed by atoms with Crippen LogP contribution in [0, 0.1) is 0 Å². The third-order valence-electron chi connectivity index (χ3n) is 1.94. The van der Waals surface area contributed by atoms with Gasteiger partial charge in [0, 0.05) is 13.0 Å². The second kappa shape index (κ2) is 7.91. The molecule has 0 aromatic heterocycles. The number of halogens is 3. The molecule has 0 aliphatic rings. The quantitative estimate of drug-likeness (QED) is 0.693. The normalized spacial score (nSPS) is 11.2. The van der Waals surface area contributed by atoms with Gasteiger partial charge in [0.1, 0.15) is 6.54 Å². The van der Waals surface area contributed by atoms with Gasteiger partial charge in [0.25, 0.3) is 0 Å². The lowest BCUT2D eigenvalue weighted by atomic mass is 10.2. The molecule has 0 radical (unpaired) electrons. The van der Waals surface area contributed by atoms with Gasteiger partial charge in [-0.1, -0.05) is 0 Å². The van der Waals surface area contributed by atoms with Crippen LogP contribution < -0.4 is 0 Å². The molecule has 0 saturated carbocycles. The van der Waals surface area contributed by atoms with E-state index in [9.17, 15) is 22.8 Å². The van der Waals surface area contributed by atoms with Crippen LogP contribution in [0.25, 0.3) is 0 Å².